The number of hydrogen-bond donors (Lipinski definition) is 0. The number of ether oxygens (including phenoxy) is 3. The second-order valence-electron chi connectivity index (χ2n) is 12.4. The van der Waals surface area contributed by atoms with E-state index in [2.05, 4.69) is 71.3 Å². The lowest BCUT2D eigenvalue weighted by Gasteiger charge is -2.31. The number of methoxy groups -OCH3 is 2. The normalized spacial score (nSPS) is 26.6. The van der Waals surface area contributed by atoms with Crippen molar-refractivity contribution < 1.29 is 14.2 Å². The summed E-state index contributed by atoms with van der Waals surface area (Å²) in [5.41, 5.74) is 5.27. The molecule has 220 valence electrons. The minimum atomic E-state index is -0.253. The largest absolute Gasteiger partial charge is 0.496 e. The van der Waals surface area contributed by atoms with Gasteiger partial charge in [-0.05, 0) is 106 Å². The maximum absolute atomic E-state index is 6.12. The van der Waals surface area contributed by atoms with Gasteiger partial charge in [0.05, 0.1) is 12.7 Å². The van der Waals surface area contributed by atoms with Crippen molar-refractivity contribution in [3.05, 3.63) is 81.8 Å². The highest BCUT2D eigenvalue weighted by atomic mass is 32.2. The van der Waals surface area contributed by atoms with E-state index in [4.69, 9.17) is 14.2 Å². The minimum absolute atomic E-state index is 0.253. The van der Waals surface area contributed by atoms with E-state index in [0.717, 1.165) is 44.0 Å². The molecule has 0 N–H and O–H groups in total. The summed E-state index contributed by atoms with van der Waals surface area (Å²) < 4.78 is 18.0. The number of nitrogens with zero attached hydrogens (tertiary/aromatic N) is 2. The summed E-state index contributed by atoms with van der Waals surface area (Å²) in [6.45, 7) is 9.76. The van der Waals surface area contributed by atoms with Gasteiger partial charge in [0.2, 0.25) is 0 Å². The standard InChI is InChI=1S/C35H46N2O3S/c1-35(39-3)15-14-33-31(24-35)30(22-26-8-9-28(32(23-26)38-2)25-37-18-6-7-19-37)34(41-33)27-10-12-29(13-11-27)40-21-20-36-16-4-5-17-36/h8-15,23,30,34H,4-7,16-22,24-25H2,1-3H3. The second-order valence-corrected chi connectivity index (χ2v) is 13.5. The van der Waals surface area contributed by atoms with Gasteiger partial charge in [-0.15, -0.1) is 11.8 Å². The van der Waals surface area contributed by atoms with Crippen LogP contribution in [0.25, 0.3) is 0 Å². The molecule has 0 bridgehead atoms. The number of likely N-dealkylation sites (tertiary alicyclic amines) is 2. The van der Waals surface area contributed by atoms with Crippen LogP contribution in [0.3, 0.4) is 0 Å². The van der Waals surface area contributed by atoms with Crippen LogP contribution in [0.2, 0.25) is 0 Å². The van der Waals surface area contributed by atoms with Gasteiger partial charge in [-0.1, -0.05) is 30.3 Å². The van der Waals surface area contributed by atoms with Crippen molar-refractivity contribution in [1.29, 1.82) is 0 Å². The average Bonchev–Trinajstić information content (AvgIpc) is 3.77. The van der Waals surface area contributed by atoms with Gasteiger partial charge in [-0.2, -0.15) is 0 Å². The number of benzene rings is 2. The zero-order valence-electron chi connectivity index (χ0n) is 25.1. The van der Waals surface area contributed by atoms with E-state index in [0.29, 0.717) is 11.2 Å². The molecule has 4 aliphatic rings. The summed E-state index contributed by atoms with van der Waals surface area (Å²) in [6.07, 6.45) is 11.7. The summed E-state index contributed by atoms with van der Waals surface area (Å²) >= 11 is 2.01. The maximum atomic E-state index is 6.12. The van der Waals surface area contributed by atoms with Gasteiger partial charge in [0.15, 0.2) is 0 Å². The van der Waals surface area contributed by atoms with Gasteiger partial charge in [-0.25, -0.2) is 0 Å². The smallest absolute Gasteiger partial charge is 0.123 e. The lowest BCUT2D eigenvalue weighted by Crippen LogP contribution is -2.29. The quantitative estimate of drug-likeness (QED) is 0.287. The Morgan fingerprint density at radius 2 is 1.66 bits per heavy atom. The van der Waals surface area contributed by atoms with Crippen molar-refractivity contribution >= 4 is 11.8 Å². The Balaban J connectivity index is 1.20. The minimum Gasteiger partial charge on any atom is -0.496 e. The molecular formula is C35H46N2O3S. The third-order valence-corrected chi connectivity index (χ3v) is 11.0. The van der Waals surface area contributed by atoms with Gasteiger partial charge in [0.1, 0.15) is 18.1 Å². The summed E-state index contributed by atoms with van der Waals surface area (Å²) in [7, 11) is 3.64. The molecule has 3 atom stereocenters. The molecule has 2 aromatic carbocycles. The summed E-state index contributed by atoms with van der Waals surface area (Å²) in [5, 5.41) is 0.359. The van der Waals surface area contributed by atoms with Crippen LogP contribution in [0.1, 0.15) is 61.0 Å². The molecule has 1 aliphatic carbocycles. The van der Waals surface area contributed by atoms with Crippen molar-refractivity contribution in [3.8, 4) is 11.5 Å². The third-order valence-electron chi connectivity index (χ3n) is 9.46. The average molecular weight is 575 g/mol. The fraction of sp³-hybridized carbons (Fsp3) is 0.543. The van der Waals surface area contributed by atoms with Crippen LogP contribution in [-0.4, -0.2) is 69.0 Å². The molecule has 0 spiro atoms. The van der Waals surface area contributed by atoms with E-state index in [1.54, 1.807) is 0 Å². The van der Waals surface area contributed by atoms with Crippen LogP contribution in [0.5, 0.6) is 11.5 Å². The third kappa shape index (κ3) is 6.72. The molecule has 0 amide bonds. The molecule has 2 fully saturated rings. The van der Waals surface area contributed by atoms with Crippen LogP contribution < -0.4 is 9.47 Å². The van der Waals surface area contributed by atoms with Gasteiger partial charge < -0.3 is 14.2 Å². The zero-order chi connectivity index (χ0) is 28.2. The number of allylic oxidation sites excluding steroid dienone is 1. The first-order chi connectivity index (χ1) is 20.0. The molecular weight excluding hydrogens is 528 g/mol. The topological polar surface area (TPSA) is 34.2 Å². The Bertz CT molecular complexity index is 1250. The van der Waals surface area contributed by atoms with Crippen molar-refractivity contribution in [1.82, 2.24) is 9.80 Å². The van der Waals surface area contributed by atoms with E-state index in [1.807, 2.05) is 26.0 Å². The highest BCUT2D eigenvalue weighted by Gasteiger charge is 2.41. The van der Waals surface area contributed by atoms with E-state index in [9.17, 15) is 0 Å². The SMILES string of the molecule is COc1cc(CC2C3=C(C=CC(C)(OC)C3)SC2c2ccc(OCCN3CCCC3)cc2)ccc1CN1CCCC1. The predicted molar refractivity (Wildman–Crippen MR) is 169 cm³/mol. The molecule has 3 unspecified atom stereocenters. The van der Waals surface area contributed by atoms with E-state index >= 15 is 0 Å². The first-order valence-corrected chi connectivity index (χ1v) is 16.4. The molecule has 6 heteroatoms. The van der Waals surface area contributed by atoms with Crippen LogP contribution >= 0.6 is 11.8 Å². The number of thioether (sulfide) groups is 1. The maximum Gasteiger partial charge on any atom is 0.123 e. The molecule has 0 aromatic heterocycles. The molecule has 3 heterocycles. The molecule has 6 rings (SSSR count). The molecule has 0 radical (unpaired) electrons. The Morgan fingerprint density at radius 3 is 2.37 bits per heavy atom. The molecule has 3 aliphatic heterocycles. The van der Waals surface area contributed by atoms with Gasteiger partial charge in [0, 0.05) is 48.3 Å². The van der Waals surface area contributed by atoms with Crippen LogP contribution in [0.4, 0.5) is 0 Å². The summed E-state index contributed by atoms with van der Waals surface area (Å²) in [5.74, 6) is 2.38. The van der Waals surface area contributed by atoms with Crippen molar-refractivity contribution in [2.45, 2.75) is 62.8 Å². The van der Waals surface area contributed by atoms with Crippen LogP contribution in [-0.2, 0) is 17.7 Å². The number of hydrogen-bond acceptors (Lipinski definition) is 6. The van der Waals surface area contributed by atoms with Crippen molar-refractivity contribution in [3.63, 3.8) is 0 Å². The monoisotopic (exact) mass is 574 g/mol. The summed E-state index contributed by atoms with van der Waals surface area (Å²) in [4.78, 5) is 6.45. The second kappa shape index (κ2) is 12.9. The predicted octanol–water partition coefficient (Wildman–Crippen LogP) is 7.03. The Labute approximate surface area is 250 Å². The molecule has 2 saturated heterocycles. The van der Waals surface area contributed by atoms with Crippen molar-refractivity contribution in [2.24, 2.45) is 5.92 Å². The van der Waals surface area contributed by atoms with Gasteiger partial charge in [-0.3, -0.25) is 9.80 Å². The van der Waals surface area contributed by atoms with E-state index in [-0.39, 0.29) is 5.60 Å². The lowest BCUT2D eigenvalue weighted by molar-refractivity contribution is 0.0459. The molecule has 0 saturated carbocycles. The van der Waals surface area contributed by atoms with E-state index < -0.39 is 0 Å². The molecule has 41 heavy (non-hydrogen) atoms. The molecule has 2 aromatic rings. The molecule has 5 nitrogen and oxygen atoms in total. The Kier molecular flexibility index (Phi) is 9.11. The Morgan fingerprint density at radius 1 is 0.927 bits per heavy atom. The van der Waals surface area contributed by atoms with E-state index in [1.165, 1.54) is 79.0 Å². The lowest BCUT2D eigenvalue weighted by atomic mass is 9.79. The van der Waals surface area contributed by atoms with Crippen LogP contribution in [0, 0.1) is 5.92 Å². The fourth-order valence-corrected chi connectivity index (χ4v) is 8.43. The highest BCUT2D eigenvalue weighted by Crippen LogP contribution is 2.57. The summed E-state index contributed by atoms with van der Waals surface area (Å²) in [6, 6.07) is 15.8. The fourth-order valence-electron chi connectivity index (χ4n) is 6.92. The van der Waals surface area contributed by atoms with Gasteiger partial charge in [0.25, 0.3) is 0 Å². The van der Waals surface area contributed by atoms with Crippen LogP contribution in [0.15, 0.2) is 65.1 Å². The highest BCUT2D eigenvalue weighted by molar-refractivity contribution is 8.03. The Hall–Kier alpha value is -2.25. The first-order valence-electron chi connectivity index (χ1n) is 15.5. The van der Waals surface area contributed by atoms with Gasteiger partial charge >= 0.3 is 0 Å². The van der Waals surface area contributed by atoms with Crippen molar-refractivity contribution in [2.75, 3.05) is 53.6 Å². The first kappa shape index (κ1) is 28.9. The number of rotatable bonds is 11. The zero-order valence-corrected chi connectivity index (χ0v) is 25.9.